The fourth-order valence-electron chi connectivity index (χ4n) is 7.76. The third-order valence-electron chi connectivity index (χ3n) is 9.95. The molecule has 256 valence electrons. The van der Waals surface area contributed by atoms with Gasteiger partial charge in [0, 0.05) is 29.4 Å². The molecule has 2 heterocycles. The van der Waals surface area contributed by atoms with Crippen molar-refractivity contribution in [1.29, 1.82) is 0 Å². The van der Waals surface area contributed by atoms with E-state index in [1.807, 2.05) is 89.2 Å². The van der Waals surface area contributed by atoms with Gasteiger partial charge in [0.15, 0.2) is 0 Å². The first-order chi connectivity index (χ1) is 22.6. The van der Waals surface area contributed by atoms with Crippen LogP contribution >= 0.6 is 11.6 Å². The minimum absolute atomic E-state index is 0.00697. The summed E-state index contributed by atoms with van der Waals surface area (Å²) in [6.45, 7) is 11.3. The van der Waals surface area contributed by atoms with Crippen LogP contribution in [0.5, 0.6) is 0 Å². The van der Waals surface area contributed by atoms with Crippen LogP contribution in [-0.2, 0) is 30.8 Å². The fraction of sp³-hybridized carbons (Fsp3) is 0.421. The predicted molar refractivity (Wildman–Crippen MR) is 187 cm³/mol. The number of carbonyl (C=O) groups is 2. The Morgan fingerprint density at radius 1 is 1.02 bits per heavy atom. The Balaban J connectivity index is 1.83. The molecule has 3 aromatic rings. The van der Waals surface area contributed by atoms with Crippen molar-refractivity contribution in [3.8, 4) is 0 Å². The maximum atomic E-state index is 15.2. The molecule has 0 aliphatic carbocycles. The first-order valence-corrected chi connectivity index (χ1v) is 18.2. The third-order valence-corrected chi connectivity index (χ3v) is 12.3. The summed E-state index contributed by atoms with van der Waals surface area (Å²) in [4.78, 5) is 28.9. The standard InChI is InChI=1S/C38H45ClN2O6S/c1-7-38-29(22-33(37(4,5)6)41(38)48(45,46)32-16-12-11-13-25(32)2)23-47-24-34(42)40(26(3)35(38)28-17-19-30(39)20-18-28)31(36(43)44)21-27-14-9-8-10-15-27/h8-20,22,26,31,33,35H,7,21,23-24H2,1-6H3,(H,43,44)/t26-,31+,33?,35?,38?/m1/s1. The molecule has 1 amide bonds. The van der Waals surface area contributed by atoms with Crippen molar-refractivity contribution in [3.05, 3.63) is 112 Å². The molecular weight excluding hydrogens is 648 g/mol. The van der Waals surface area contributed by atoms with E-state index in [-0.39, 0.29) is 24.5 Å². The van der Waals surface area contributed by atoms with Gasteiger partial charge in [-0.3, -0.25) is 4.79 Å². The number of carboxylic acids is 1. The van der Waals surface area contributed by atoms with E-state index in [1.165, 1.54) is 4.90 Å². The van der Waals surface area contributed by atoms with Gasteiger partial charge in [0.1, 0.15) is 12.6 Å². The summed E-state index contributed by atoms with van der Waals surface area (Å²) in [5.74, 6) is -2.34. The zero-order valence-electron chi connectivity index (χ0n) is 28.4. The Labute approximate surface area is 289 Å². The second-order valence-electron chi connectivity index (χ2n) is 14.0. The molecule has 1 fully saturated rings. The van der Waals surface area contributed by atoms with Crippen LogP contribution in [0.4, 0.5) is 0 Å². The van der Waals surface area contributed by atoms with Gasteiger partial charge in [-0.05, 0) is 66.1 Å². The normalized spacial score (nSPS) is 24.6. The summed E-state index contributed by atoms with van der Waals surface area (Å²) in [6.07, 6.45) is 2.40. The minimum atomic E-state index is -4.19. The molecule has 10 heteroatoms. The van der Waals surface area contributed by atoms with Crippen LogP contribution in [0.1, 0.15) is 63.6 Å². The van der Waals surface area contributed by atoms with Crippen LogP contribution in [-0.4, -0.2) is 71.5 Å². The number of carbonyl (C=O) groups excluding carboxylic acids is 1. The van der Waals surface area contributed by atoms with Crippen molar-refractivity contribution in [3.63, 3.8) is 0 Å². The number of carboxylic acid groups (broad SMARTS) is 1. The number of halogens is 1. The SMILES string of the molecule is CCC12C(=CC(C(C)(C)C)N1S(=O)(=O)c1ccccc1C)COCC(=O)N([C@@H](Cc1ccccc1)C(=O)O)[C@H](C)C2c1ccc(Cl)cc1. The van der Waals surface area contributed by atoms with Crippen molar-refractivity contribution in [2.75, 3.05) is 13.2 Å². The number of hydrogen-bond acceptors (Lipinski definition) is 5. The van der Waals surface area contributed by atoms with E-state index in [0.717, 1.165) is 16.7 Å². The molecule has 0 radical (unpaired) electrons. The van der Waals surface area contributed by atoms with Gasteiger partial charge in [0.25, 0.3) is 0 Å². The predicted octanol–water partition coefficient (Wildman–Crippen LogP) is 6.87. The molecule has 5 atom stereocenters. The summed E-state index contributed by atoms with van der Waals surface area (Å²) in [5, 5.41) is 11.2. The molecule has 2 aliphatic heterocycles. The van der Waals surface area contributed by atoms with Crippen LogP contribution < -0.4 is 0 Å². The molecule has 0 saturated carbocycles. The Hall–Kier alpha value is -3.50. The lowest BCUT2D eigenvalue weighted by Crippen LogP contribution is -2.63. The monoisotopic (exact) mass is 692 g/mol. The number of benzene rings is 3. The summed E-state index contributed by atoms with van der Waals surface area (Å²) in [7, 11) is -4.19. The van der Waals surface area contributed by atoms with Crippen molar-refractivity contribution in [2.24, 2.45) is 5.41 Å². The van der Waals surface area contributed by atoms with Gasteiger partial charge in [-0.25, -0.2) is 13.2 Å². The van der Waals surface area contributed by atoms with Crippen LogP contribution in [0.25, 0.3) is 0 Å². The van der Waals surface area contributed by atoms with E-state index >= 15 is 8.42 Å². The molecule has 1 N–H and O–H groups in total. The number of nitrogens with zero attached hydrogens (tertiary/aromatic N) is 2. The Morgan fingerprint density at radius 3 is 2.23 bits per heavy atom. The minimum Gasteiger partial charge on any atom is -0.480 e. The first-order valence-electron chi connectivity index (χ1n) is 16.4. The molecule has 0 bridgehead atoms. The number of aryl methyl sites for hydroxylation is 1. The maximum absolute atomic E-state index is 15.2. The lowest BCUT2D eigenvalue weighted by molar-refractivity contribution is -0.154. The Morgan fingerprint density at radius 2 is 1.65 bits per heavy atom. The Kier molecular flexibility index (Phi) is 10.3. The lowest BCUT2D eigenvalue weighted by atomic mass is 9.69. The third kappa shape index (κ3) is 6.45. The van der Waals surface area contributed by atoms with Gasteiger partial charge in [0.2, 0.25) is 15.9 Å². The van der Waals surface area contributed by atoms with E-state index in [4.69, 9.17) is 16.3 Å². The van der Waals surface area contributed by atoms with Crippen molar-refractivity contribution >= 4 is 33.5 Å². The van der Waals surface area contributed by atoms with Crippen LogP contribution in [0.15, 0.2) is 95.4 Å². The zero-order chi connectivity index (χ0) is 35.0. The zero-order valence-corrected chi connectivity index (χ0v) is 30.0. The van der Waals surface area contributed by atoms with Gasteiger partial charge in [-0.15, -0.1) is 0 Å². The van der Waals surface area contributed by atoms with Crippen LogP contribution in [0.2, 0.25) is 5.02 Å². The topological polar surface area (TPSA) is 104 Å². The molecule has 3 aromatic carbocycles. The molecule has 8 nitrogen and oxygen atoms in total. The van der Waals surface area contributed by atoms with Crippen molar-refractivity contribution in [1.82, 2.24) is 9.21 Å². The molecule has 5 rings (SSSR count). The Bertz CT molecular complexity index is 1790. The summed E-state index contributed by atoms with van der Waals surface area (Å²) in [6, 6.07) is 20.8. The highest BCUT2D eigenvalue weighted by molar-refractivity contribution is 7.89. The van der Waals surface area contributed by atoms with E-state index in [1.54, 1.807) is 41.6 Å². The van der Waals surface area contributed by atoms with Gasteiger partial charge < -0.3 is 14.7 Å². The molecule has 0 aromatic heterocycles. The number of ether oxygens (including phenoxy) is 1. The summed E-state index contributed by atoms with van der Waals surface area (Å²) >= 11 is 6.39. The second kappa shape index (κ2) is 13.8. The highest BCUT2D eigenvalue weighted by Gasteiger charge is 2.61. The van der Waals surface area contributed by atoms with Gasteiger partial charge in [0.05, 0.1) is 17.0 Å². The average molecular weight is 693 g/mol. The second-order valence-corrected chi connectivity index (χ2v) is 16.2. The number of sulfonamides is 1. The highest BCUT2D eigenvalue weighted by Crippen LogP contribution is 2.55. The summed E-state index contributed by atoms with van der Waals surface area (Å²) in [5.41, 5.74) is 1.08. The van der Waals surface area contributed by atoms with Crippen LogP contribution in [0, 0.1) is 12.3 Å². The van der Waals surface area contributed by atoms with E-state index in [2.05, 4.69) is 0 Å². The number of hydrogen-bond donors (Lipinski definition) is 1. The lowest BCUT2D eigenvalue weighted by Gasteiger charge is -2.52. The van der Waals surface area contributed by atoms with E-state index in [0.29, 0.717) is 17.0 Å². The quantitative estimate of drug-likeness (QED) is 0.259. The molecule has 48 heavy (non-hydrogen) atoms. The average Bonchev–Trinajstić information content (AvgIpc) is 3.39. The molecule has 3 unspecified atom stereocenters. The largest absolute Gasteiger partial charge is 0.480 e. The molecule has 1 saturated heterocycles. The number of rotatable bonds is 8. The van der Waals surface area contributed by atoms with Gasteiger partial charge in [-0.2, -0.15) is 4.31 Å². The first kappa shape index (κ1) is 35.8. The molecule has 2 aliphatic rings. The van der Waals surface area contributed by atoms with Crippen LogP contribution in [0.3, 0.4) is 0 Å². The van der Waals surface area contributed by atoms with E-state index in [9.17, 15) is 14.7 Å². The summed E-state index contributed by atoms with van der Waals surface area (Å²) < 4.78 is 38.3. The highest BCUT2D eigenvalue weighted by atomic mass is 35.5. The van der Waals surface area contributed by atoms with Crippen molar-refractivity contribution in [2.45, 2.75) is 88.9 Å². The van der Waals surface area contributed by atoms with Crippen molar-refractivity contribution < 1.29 is 27.9 Å². The fourth-order valence-corrected chi connectivity index (χ4v) is 10.3. The smallest absolute Gasteiger partial charge is 0.326 e. The number of amides is 1. The maximum Gasteiger partial charge on any atom is 0.326 e. The van der Waals surface area contributed by atoms with Gasteiger partial charge in [-0.1, -0.05) is 106 Å². The molecule has 0 spiro atoms. The van der Waals surface area contributed by atoms with E-state index < -0.39 is 56.9 Å². The van der Waals surface area contributed by atoms with Gasteiger partial charge >= 0.3 is 5.97 Å². The number of fused-ring (bicyclic) bond motifs is 1. The molecular formula is C38H45ClN2O6S. The number of aliphatic carboxylic acids is 1.